The minimum absolute atomic E-state index is 0.253. The zero-order valence-electron chi connectivity index (χ0n) is 7.82. The molecule has 0 atom stereocenters. The molecule has 2 aromatic rings. The van der Waals surface area contributed by atoms with Gasteiger partial charge in [-0.25, -0.2) is 14.4 Å². The highest BCUT2D eigenvalue weighted by Gasteiger charge is 2.02. The Labute approximate surface area is 91.8 Å². The molecule has 0 amide bonds. The Hall–Kier alpha value is -1.48. The Bertz CT molecular complexity index is 474. The topological polar surface area (TPSA) is 25.8 Å². The van der Waals surface area contributed by atoms with Crippen LogP contribution in [0, 0.1) is 5.82 Å². The number of hydrogen-bond donors (Lipinski definition) is 0. The van der Waals surface area contributed by atoms with E-state index in [-0.39, 0.29) is 11.7 Å². The molecule has 0 saturated carbocycles. The van der Waals surface area contributed by atoms with E-state index in [9.17, 15) is 4.39 Å². The van der Waals surface area contributed by atoms with Crippen LogP contribution in [0.2, 0.25) is 0 Å². The van der Waals surface area contributed by atoms with Crippen LogP contribution < -0.4 is 0 Å². The summed E-state index contributed by atoms with van der Waals surface area (Å²) in [5, 5.41) is 0. The average molecular weight is 223 g/mol. The second-order valence-electron chi connectivity index (χ2n) is 3.00. The molecule has 0 aliphatic rings. The van der Waals surface area contributed by atoms with Gasteiger partial charge in [-0.15, -0.1) is 11.6 Å². The maximum Gasteiger partial charge on any atom is 0.143 e. The molecule has 4 heteroatoms. The fourth-order valence-electron chi connectivity index (χ4n) is 1.27. The van der Waals surface area contributed by atoms with E-state index in [1.807, 2.05) is 0 Å². The van der Waals surface area contributed by atoms with Crippen molar-refractivity contribution in [3.05, 3.63) is 48.2 Å². The fourth-order valence-corrected chi connectivity index (χ4v) is 1.40. The van der Waals surface area contributed by atoms with Gasteiger partial charge >= 0.3 is 0 Å². The van der Waals surface area contributed by atoms with E-state index >= 15 is 0 Å². The van der Waals surface area contributed by atoms with Gasteiger partial charge in [-0.1, -0.05) is 12.1 Å². The van der Waals surface area contributed by atoms with E-state index in [1.165, 1.54) is 12.1 Å². The van der Waals surface area contributed by atoms with Crippen LogP contribution in [0.4, 0.5) is 4.39 Å². The minimum Gasteiger partial charge on any atom is -0.240 e. The second kappa shape index (κ2) is 4.36. The van der Waals surface area contributed by atoms with Gasteiger partial charge in [0.15, 0.2) is 0 Å². The molecule has 0 aliphatic heterocycles. The molecular weight excluding hydrogens is 215 g/mol. The number of benzene rings is 1. The van der Waals surface area contributed by atoms with E-state index in [0.717, 1.165) is 5.56 Å². The van der Waals surface area contributed by atoms with Gasteiger partial charge in [0, 0.05) is 11.8 Å². The molecule has 0 saturated heterocycles. The predicted octanol–water partition coefficient (Wildman–Crippen LogP) is 3.02. The first-order chi connectivity index (χ1) is 7.29. The molecule has 1 aromatic heterocycles. The van der Waals surface area contributed by atoms with Crippen LogP contribution in [-0.4, -0.2) is 9.97 Å². The lowest BCUT2D eigenvalue weighted by Gasteiger charge is -2.01. The van der Waals surface area contributed by atoms with E-state index in [1.54, 1.807) is 24.4 Å². The second-order valence-corrected chi connectivity index (χ2v) is 3.27. The molecule has 0 aliphatic carbocycles. The smallest absolute Gasteiger partial charge is 0.143 e. The number of halogens is 2. The normalized spacial score (nSPS) is 10.3. The molecule has 15 heavy (non-hydrogen) atoms. The van der Waals surface area contributed by atoms with Crippen LogP contribution >= 0.6 is 11.6 Å². The summed E-state index contributed by atoms with van der Waals surface area (Å²) in [6.45, 7) is 0. The third-order valence-corrected chi connectivity index (χ3v) is 2.18. The highest BCUT2D eigenvalue weighted by Crippen LogP contribution is 2.17. The number of nitrogens with zero attached hydrogens (tertiary/aromatic N) is 2. The lowest BCUT2D eigenvalue weighted by Crippen LogP contribution is -1.93. The van der Waals surface area contributed by atoms with Crippen molar-refractivity contribution in [1.82, 2.24) is 9.97 Å². The van der Waals surface area contributed by atoms with Crippen molar-refractivity contribution < 1.29 is 4.39 Å². The van der Waals surface area contributed by atoms with Crippen molar-refractivity contribution in [1.29, 1.82) is 0 Å². The minimum atomic E-state index is -0.279. The summed E-state index contributed by atoms with van der Waals surface area (Å²) in [7, 11) is 0. The lowest BCUT2D eigenvalue weighted by atomic mass is 10.1. The monoisotopic (exact) mass is 222 g/mol. The first-order valence-corrected chi connectivity index (χ1v) is 4.97. The number of alkyl halides is 1. The maximum absolute atomic E-state index is 13.0. The molecule has 0 unspecified atom stereocenters. The van der Waals surface area contributed by atoms with Gasteiger partial charge in [0.05, 0.1) is 11.6 Å². The van der Waals surface area contributed by atoms with Crippen LogP contribution in [0.1, 0.15) is 5.82 Å². The van der Waals surface area contributed by atoms with Gasteiger partial charge in [0.25, 0.3) is 0 Å². The molecule has 0 fully saturated rings. The summed E-state index contributed by atoms with van der Waals surface area (Å²) in [6.07, 6.45) is 1.62. The molecule has 0 N–H and O–H groups in total. The third-order valence-electron chi connectivity index (χ3n) is 1.95. The van der Waals surface area contributed by atoms with Crippen LogP contribution in [0.3, 0.4) is 0 Å². The van der Waals surface area contributed by atoms with Gasteiger partial charge in [0.1, 0.15) is 11.6 Å². The van der Waals surface area contributed by atoms with Gasteiger partial charge in [-0.2, -0.15) is 0 Å². The van der Waals surface area contributed by atoms with Gasteiger partial charge in [-0.3, -0.25) is 0 Å². The van der Waals surface area contributed by atoms with Crippen molar-refractivity contribution in [2.75, 3.05) is 0 Å². The van der Waals surface area contributed by atoms with Gasteiger partial charge in [-0.05, 0) is 18.2 Å². The van der Waals surface area contributed by atoms with Gasteiger partial charge < -0.3 is 0 Å². The summed E-state index contributed by atoms with van der Waals surface area (Å²) >= 11 is 5.62. The summed E-state index contributed by atoms with van der Waals surface area (Å²) in [4.78, 5) is 8.16. The summed E-state index contributed by atoms with van der Waals surface area (Å²) in [6, 6.07) is 7.99. The molecule has 2 rings (SSSR count). The van der Waals surface area contributed by atoms with Crippen molar-refractivity contribution in [3.63, 3.8) is 0 Å². The molecule has 1 heterocycles. The van der Waals surface area contributed by atoms with E-state index in [0.29, 0.717) is 11.5 Å². The molecule has 2 nitrogen and oxygen atoms in total. The van der Waals surface area contributed by atoms with Crippen LogP contribution in [0.25, 0.3) is 11.3 Å². The quantitative estimate of drug-likeness (QED) is 0.730. The molecule has 1 aromatic carbocycles. The molecular formula is C11H8ClFN2. The van der Waals surface area contributed by atoms with Crippen molar-refractivity contribution >= 4 is 11.6 Å². The Morgan fingerprint density at radius 1 is 1.27 bits per heavy atom. The third kappa shape index (κ3) is 2.30. The highest BCUT2D eigenvalue weighted by molar-refractivity contribution is 6.16. The predicted molar refractivity (Wildman–Crippen MR) is 57.0 cm³/mol. The van der Waals surface area contributed by atoms with Crippen LogP contribution in [0.15, 0.2) is 36.5 Å². The molecule has 76 valence electrons. The number of hydrogen-bond acceptors (Lipinski definition) is 2. The summed E-state index contributed by atoms with van der Waals surface area (Å²) < 4.78 is 13.0. The van der Waals surface area contributed by atoms with Crippen molar-refractivity contribution in [2.45, 2.75) is 5.88 Å². The van der Waals surface area contributed by atoms with Crippen LogP contribution in [-0.2, 0) is 5.88 Å². The zero-order chi connectivity index (χ0) is 10.7. The number of rotatable bonds is 2. The van der Waals surface area contributed by atoms with Crippen LogP contribution in [0.5, 0.6) is 0 Å². The first kappa shape index (κ1) is 10.1. The van der Waals surface area contributed by atoms with E-state index in [4.69, 9.17) is 11.6 Å². The van der Waals surface area contributed by atoms with E-state index < -0.39 is 0 Å². The Morgan fingerprint density at radius 3 is 2.87 bits per heavy atom. The Balaban J connectivity index is 2.44. The number of aromatic nitrogens is 2. The van der Waals surface area contributed by atoms with Gasteiger partial charge in [0.2, 0.25) is 0 Å². The Kier molecular flexibility index (Phi) is 2.92. The molecule has 0 radical (unpaired) electrons. The lowest BCUT2D eigenvalue weighted by molar-refractivity contribution is 0.628. The molecule has 0 bridgehead atoms. The Morgan fingerprint density at radius 2 is 2.13 bits per heavy atom. The zero-order valence-corrected chi connectivity index (χ0v) is 8.58. The fraction of sp³-hybridized carbons (Fsp3) is 0.0909. The van der Waals surface area contributed by atoms with Crippen molar-refractivity contribution in [2.24, 2.45) is 0 Å². The summed E-state index contributed by atoms with van der Waals surface area (Å²) in [5.41, 5.74) is 1.41. The standard InChI is InChI=1S/C11H8ClFN2/c12-7-11-14-5-4-10(15-11)8-2-1-3-9(13)6-8/h1-6H,7H2. The largest absolute Gasteiger partial charge is 0.240 e. The SMILES string of the molecule is Fc1cccc(-c2ccnc(CCl)n2)c1. The van der Waals surface area contributed by atoms with E-state index in [2.05, 4.69) is 9.97 Å². The highest BCUT2D eigenvalue weighted by atomic mass is 35.5. The van der Waals surface area contributed by atoms with Crippen molar-refractivity contribution in [3.8, 4) is 11.3 Å². The maximum atomic E-state index is 13.0. The summed E-state index contributed by atoms with van der Waals surface area (Å²) in [5.74, 6) is 0.514. The molecule has 0 spiro atoms. The average Bonchev–Trinajstić information content (AvgIpc) is 2.29. The first-order valence-electron chi connectivity index (χ1n) is 4.43.